The fraction of sp³-hybridized carbons (Fsp3) is 1.00. The molecule has 5 nitrogen and oxygen atoms in total. The standard InChI is InChI=1S/C31H49NO4/c33-23-7-8-24-20(11-14-32-27(24)18-23)6-4-2-1-3-5-19-9-12-30(13-10-19)34-29(35-36-30)28-25-16-21-15-22-17-26(28)31(21,22)25/h19-29,32-33H,1-18H2. The molecule has 2 heterocycles. The molecule has 2 aliphatic heterocycles. The van der Waals surface area contributed by atoms with Gasteiger partial charge < -0.3 is 15.2 Å². The van der Waals surface area contributed by atoms with Gasteiger partial charge in [0.05, 0.1) is 6.10 Å². The first-order valence-corrected chi connectivity index (χ1v) is 16.1. The monoisotopic (exact) mass is 499 g/mol. The van der Waals surface area contributed by atoms with Gasteiger partial charge in [-0.15, -0.1) is 0 Å². The average Bonchev–Trinajstić information content (AvgIpc) is 3.23. The van der Waals surface area contributed by atoms with Gasteiger partial charge in [-0.25, -0.2) is 4.89 Å². The third-order valence-corrected chi connectivity index (χ3v) is 13.4. The minimum atomic E-state index is -0.419. The van der Waals surface area contributed by atoms with Crippen molar-refractivity contribution in [1.82, 2.24) is 5.32 Å². The maximum absolute atomic E-state index is 10.0. The number of hydrogen-bond donors (Lipinski definition) is 2. The lowest BCUT2D eigenvalue weighted by Gasteiger charge is -2.89. The molecular weight excluding hydrogens is 450 g/mol. The van der Waals surface area contributed by atoms with Crippen LogP contribution in [0.15, 0.2) is 0 Å². The van der Waals surface area contributed by atoms with E-state index in [2.05, 4.69) is 5.32 Å². The lowest BCUT2D eigenvalue weighted by Crippen LogP contribution is -2.85. The zero-order valence-corrected chi connectivity index (χ0v) is 22.3. The minimum Gasteiger partial charge on any atom is -0.393 e. The van der Waals surface area contributed by atoms with Crippen molar-refractivity contribution in [2.45, 2.75) is 133 Å². The molecule has 202 valence electrons. The van der Waals surface area contributed by atoms with E-state index in [9.17, 15) is 5.11 Å². The second-order valence-corrected chi connectivity index (χ2v) is 14.6. The van der Waals surface area contributed by atoms with E-state index in [1.54, 1.807) is 0 Å². The summed E-state index contributed by atoms with van der Waals surface area (Å²) in [6, 6.07) is 0.583. The Balaban J connectivity index is 0.723. The zero-order valence-electron chi connectivity index (χ0n) is 22.3. The van der Waals surface area contributed by atoms with Crippen LogP contribution in [0.2, 0.25) is 0 Å². The minimum absolute atomic E-state index is 0.0638. The van der Waals surface area contributed by atoms with E-state index in [1.165, 1.54) is 83.5 Å². The molecule has 0 amide bonds. The molecule has 0 bridgehead atoms. The second-order valence-electron chi connectivity index (χ2n) is 14.6. The number of rotatable bonds is 8. The first kappa shape index (κ1) is 23.7. The van der Waals surface area contributed by atoms with E-state index in [-0.39, 0.29) is 12.4 Å². The Labute approximate surface area is 217 Å². The fourth-order valence-electron chi connectivity index (χ4n) is 11.6. The average molecular weight is 500 g/mol. The molecule has 6 saturated carbocycles. The van der Waals surface area contributed by atoms with Crippen LogP contribution in [0.5, 0.6) is 0 Å². The largest absolute Gasteiger partial charge is 0.393 e. The first-order valence-electron chi connectivity index (χ1n) is 16.1. The number of hydrogen-bond acceptors (Lipinski definition) is 5. The van der Waals surface area contributed by atoms with Crippen LogP contribution in [-0.4, -0.2) is 35.9 Å². The molecule has 8 fully saturated rings. The Bertz CT molecular complexity index is 803. The first-order chi connectivity index (χ1) is 17.7. The highest BCUT2D eigenvalue weighted by molar-refractivity contribution is 5.32. The van der Waals surface area contributed by atoms with Crippen LogP contribution >= 0.6 is 0 Å². The van der Waals surface area contributed by atoms with Gasteiger partial charge in [0.2, 0.25) is 5.79 Å². The molecule has 0 aromatic heterocycles. The van der Waals surface area contributed by atoms with Gasteiger partial charge in [0.15, 0.2) is 6.29 Å². The number of ether oxygens (including phenoxy) is 1. The quantitative estimate of drug-likeness (QED) is 0.319. The van der Waals surface area contributed by atoms with Crippen molar-refractivity contribution in [3.05, 3.63) is 0 Å². The Morgan fingerprint density at radius 3 is 2.36 bits per heavy atom. The number of unbranched alkanes of at least 4 members (excludes halogenated alkanes) is 3. The predicted molar refractivity (Wildman–Crippen MR) is 136 cm³/mol. The Hall–Kier alpha value is -0.200. The van der Waals surface area contributed by atoms with Gasteiger partial charge in [0.1, 0.15) is 0 Å². The van der Waals surface area contributed by atoms with Crippen molar-refractivity contribution >= 4 is 0 Å². The molecule has 0 radical (unpaired) electrons. The Morgan fingerprint density at radius 2 is 1.58 bits per heavy atom. The summed E-state index contributed by atoms with van der Waals surface area (Å²) in [5.74, 6) is 6.71. The summed E-state index contributed by atoms with van der Waals surface area (Å²) < 4.78 is 6.59. The van der Waals surface area contributed by atoms with Crippen molar-refractivity contribution in [3.63, 3.8) is 0 Å². The third-order valence-electron chi connectivity index (χ3n) is 13.4. The summed E-state index contributed by atoms with van der Waals surface area (Å²) in [5, 5.41) is 13.7. The van der Waals surface area contributed by atoms with Crippen LogP contribution in [-0.2, 0) is 14.5 Å². The number of aliphatic hydroxyl groups excluding tert-OH is 1. The molecule has 9 atom stereocenters. The third kappa shape index (κ3) is 3.44. The molecule has 2 spiro atoms. The molecule has 2 N–H and O–H groups in total. The van der Waals surface area contributed by atoms with E-state index in [0.717, 1.165) is 79.1 Å². The summed E-state index contributed by atoms with van der Waals surface area (Å²) in [6.45, 7) is 1.16. The van der Waals surface area contributed by atoms with Gasteiger partial charge in [0, 0.05) is 24.8 Å². The SMILES string of the molecule is OC1CCC2C(CCCCCCC3CCC4(CC3)OOC(C3C5CC6CC7CC3C675)O4)CCNC2C1. The highest BCUT2D eigenvalue weighted by atomic mass is 17.3. The van der Waals surface area contributed by atoms with Gasteiger partial charge in [-0.05, 0) is 111 Å². The summed E-state index contributed by atoms with van der Waals surface area (Å²) in [4.78, 5) is 11.9. The van der Waals surface area contributed by atoms with E-state index >= 15 is 0 Å². The van der Waals surface area contributed by atoms with E-state index < -0.39 is 5.79 Å². The highest BCUT2D eigenvalue weighted by Crippen LogP contribution is 2.90. The molecule has 8 rings (SSSR count). The predicted octanol–water partition coefficient (Wildman–Crippen LogP) is 5.95. The van der Waals surface area contributed by atoms with Crippen LogP contribution in [0.25, 0.3) is 0 Å². The van der Waals surface area contributed by atoms with Crippen LogP contribution in [0.3, 0.4) is 0 Å². The van der Waals surface area contributed by atoms with Crippen LogP contribution < -0.4 is 5.32 Å². The van der Waals surface area contributed by atoms with Gasteiger partial charge in [-0.1, -0.05) is 38.5 Å². The fourth-order valence-corrected chi connectivity index (χ4v) is 11.6. The lowest BCUT2D eigenvalue weighted by molar-refractivity contribution is -0.445. The molecule has 8 aliphatic rings. The second kappa shape index (κ2) is 8.91. The van der Waals surface area contributed by atoms with Crippen molar-refractivity contribution in [1.29, 1.82) is 0 Å². The van der Waals surface area contributed by atoms with Crippen LogP contribution in [0, 0.1) is 52.8 Å². The maximum atomic E-state index is 10.0. The van der Waals surface area contributed by atoms with Gasteiger partial charge in [-0.2, -0.15) is 4.89 Å². The van der Waals surface area contributed by atoms with Crippen LogP contribution in [0.4, 0.5) is 0 Å². The van der Waals surface area contributed by atoms with Crippen LogP contribution in [0.1, 0.15) is 109 Å². The number of piperidine rings is 1. The summed E-state index contributed by atoms with van der Waals surface area (Å²) in [5.41, 5.74) is 0.778. The molecule has 0 aromatic rings. The maximum Gasteiger partial charge on any atom is 0.204 e. The molecule has 5 heteroatoms. The highest BCUT2D eigenvalue weighted by Gasteiger charge is 2.86. The van der Waals surface area contributed by atoms with E-state index in [1.807, 2.05) is 0 Å². The molecule has 9 unspecified atom stereocenters. The molecule has 0 aromatic carbocycles. The summed E-state index contributed by atoms with van der Waals surface area (Å²) in [7, 11) is 0. The van der Waals surface area contributed by atoms with Crippen molar-refractivity contribution in [2.75, 3.05) is 6.54 Å². The lowest BCUT2D eigenvalue weighted by atomic mass is 9.16. The van der Waals surface area contributed by atoms with Gasteiger partial charge in [0.25, 0.3) is 0 Å². The molecular formula is C31H49NO4. The normalized spacial score (nSPS) is 56.4. The smallest absolute Gasteiger partial charge is 0.204 e. The molecule has 2 saturated heterocycles. The van der Waals surface area contributed by atoms with Crippen molar-refractivity contribution in [3.8, 4) is 0 Å². The number of fused-ring (bicyclic) bond motifs is 1. The topological polar surface area (TPSA) is 60.0 Å². The van der Waals surface area contributed by atoms with Gasteiger partial charge >= 0.3 is 0 Å². The number of aliphatic hydroxyl groups is 1. The summed E-state index contributed by atoms with van der Waals surface area (Å²) in [6.07, 6.45) is 21.8. The summed E-state index contributed by atoms with van der Waals surface area (Å²) >= 11 is 0. The van der Waals surface area contributed by atoms with E-state index in [0.29, 0.717) is 12.0 Å². The Morgan fingerprint density at radius 1 is 0.806 bits per heavy atom. The zero-order chi connectivity index (χ0) is 23.9. The van der Waals surface area contributed by atoms with Crippen molar-refractivity contribution < 1.29 is 19.6 Å². The molecule has 36 heavy (non-hydrogen) atoms. The number of nitrogens with one attached hydrogen (secondary N) is 1. The molecule has 6 aliphatic carbocycles. The van der Waals surface area contributed by atoms with E-state index in [4.69, 9.17) is 14.5 Å². The van der Waals surface area contributed by atoms with Crippen molar-refractivity contribution in [2.24, 2.45) is 52.8 Å². The Kier molecular flexibility index (Phi) is 5.86. The van der Waals surface area contributed by atoms with Gasteiger partial charge in [-0.3, -0.25) is 0 Å².